The van der Waals surface area contributed by atoms with Crippen LogP contribution >= 0.6 is 0 Å². The number of aromatic nitrogens is 2. The summed E-state index contributed by atoms with van der Waals surface area (Å²) < 4.78 is 7.76. The van der Waals surface area contributed by atoms with E-state index in [0.717, 1.165) is 31.6 Å². The summed E-state index contributed by atoms with van der Waals surface area (Å²) in [5.41, 5.74) is 0. The van der Waals surface area contributed by atoms with Gasteiger partial charge in [0.05, 0.1) is 12.4 Å². The number of aryl methyl sites for hydroxylation is 1. The Morgan fingerprint density at radius 2 is 2.17 bits per heavy atom. The molecule has 1 aromatic heterocycles. The Hall–Kier alpha value is -2.34. The van der Waals surface area contributed by atoms with Gasteiger partial charge in [0.25, 0.3) is 0 Å². The topological polar surface area (TPSA) is 76.4 Å². The molecule has 0 radical (unpaired) electrons. The molecule has 1 fully saturated rings. The Balaban J connectivity index is 1.41. The van der Waals surface area contributed by atoms with Crippen molar-refractivity contribution in [2.45, 2.75) is 50.5 Å². The van der Waals surface area contributed by atoms with Crippen molar-refractivity contribution < 1.29 is 14.6 Å². The quantitative estimate of drug-likeness (QED) is 0.811. The number of rotatable bonds is 7. The summed E-state index contributed by atoms with van der Waals surface area (Å²) in [7, 11) is 0. The van der Waals surface area contributed by atoms with Gasteiger partial charge >= 0.3 is 0 Å². The highest BCUT2D eigenvalue weighted by Crippen LogP contribution is 2.25. The lowest BCUT2D eigenvalue weighted by molar-refractivity contribution is -0.122. The lowest BCUT2D eigenvalue weighted by atomic mass is 10.2. The second kappa shape index (κ2) is 7.97. The van der Waals surface area contributed by atoms with Crippen molar-refractivity contribution in [3.8, 4) is 5.75 Å². The number of amides is 1. The third-order valence-corrected chi connectivity index (χ3v) is 4.31. The van der Waals surface area contributed by atoms with Crippen LogP contribution in [0.3, 0.4) is 0 Å². The lowest BCUT2D eigenvalue weighted by Gasteiger charge is -2.21. The molecular weight excluding hydrogens is 306 g/mol. The minimum absolute atomic E-state index is 0.0282. The van der Waals surface area contributed by atoms with Crippen LogP contribution in [0.1, 0.15) is 25.7 Å². The molecule has 0 aliphatic heterocycles. The van der Waals surface area contributed by atoms with E-state index in [-0.39, 0.29) is 18.1 Å². The van der Waals surface area contributed by atoms with E-state index in [2.05, 4.69) is 10.3 Å². The minimum Gasteiger partial charge on any atom is -0.488 e. The maximum Gasteiger partial charge on any atom is 0.220 e. The summed E-state index contributed by atoms with van der Waals surface area (Å²) in [6.45, 7) is 0.764. The average Bonchev–Trinajstić information content (AvgIpc) is 3.21. The van der Waals surface area contributed by atoms with E-state index in [0.29, 0.717) is 6.42 Å². The van der Waals surface area contributed by atoms with E-state index in [1.165, 1.54) is 0 Å². The van der Waals surface area contributed by atoms with Crippen molar-refractivity contribution in [3.63, 3.8) is 0 Å². The molecule has 1 aromatic carbocycles. The fourth-order valence-electron chi connectivity index (χ4n) is 3.02. The fraction of sp³-hybridized carbons (Fsp3) is 0.444. The summed E-state index contributed by atoms with van der Waals surface area (Å²) in [5.74, 6) is 0.716. The third kappa shape index (κ3) is 4.35. The van der Waals surface area contributed by atoms with E-state index in [1.54, 1.807) is 12.5 Å². The number of ether oxygens (including phenoxy) is 1. The molecule has 6 nitrogen and oxygen atoms in total. The Bertz CT molecular complexity index is 630. The largest absolute Gasteiger partial charge is 0.488 e. The number of benzene rings is 1. The molecule has 1 heterocycles. The molecule has 3 rings (SSSR count). The first-order valence-electron chi connectivity index (χ1n) is 8.37. The number of hydrogen-bond donors (Lipinski definition) is 2. The zero-order valence-corrected chi connectivity index (χ0v) is 13.5. The van der Waals surface area contributed by atoms with Crippen molar-refractivity contribution in [2.75, 3.05) is 0 Å². The lowest BCUT2D eigenvalue weighted by Crippen LogP contribution is -2.44. The predicted molar refractivity (Wildman–Crippen MR) is 89.5 cm³/mol. The average molecular weight is 329 g/mol. The van der Waals surface area contributed by atoms with Gasteiger partial charge in [-0.1, -0.05) is 18.2 Å². The number of carbonyl (C=O) groups is 1. The van der Waals surface area contributed by atoms with E-state index >= 15 is 0 Å². The van der Waals surface area contributed by atoms with Gasteiger partial charge in [-0.25, -0.2) is 4.98 Å². The van der Waals surface area contributed by atoms with Gasteiger partial charge in [-0.15, -0.1) is 0 Å². The van der Waals surface area contributed by atoms with Crippen LogP contribution in [0.5, 0.6) is 5.75 Å². The highest BCUT2D eigenvalue weighted by Gasteiger charge is 2.37. The molecule has 2 aromatic rings. The van der Waals surface area contributed by atoms with Gasteiger partial charge < -0.3 is 19.7 Å². The highest BCUT2D eigenvalue weighted by molar-refractivity contribution is 5.76. The van der Waals surface area contributed by atoms with Crippen LogP contribution in [0.2, 0.25) is 0 Å². The van der Waals surface area contributed by atoms with Crippen molar-refractivity contribution in [2.24, 2.45) is 0 Å². The molecule has 2 N–H and O–H groups in total. The van der Waals surface area contributed by atoms with Crippen molar-refractivity contribution in [1.29, 1.82) is 0 Å². The molecule has 3 atom stereocenters. The molecule has 1 saturated carbocycles. The third-order valence-electron chi connectivity index (χ3n) is 4.31. The fourth-order valence-corrected chi connectivity index (χ4v) is 3.02. The number of nitrogens with zero attached hydrogens (tertiary/aromatic N) is 2. The second-order valence-corrected chi connectivity index (χ2v) is 6.12. The van der Waals surface area contributed by atoms with E-state index in [1.807, 2.05) is 41.1 Å². The van der Waals surface area contributed by atoms with E-state index in [9.17, 15) is 9.90 Å². The van der Waals surface area contributed by atoms with Gasteiger partial charge in [0.1, 0.15) is 18.0 Å². The Labute approximate surface area is 141 Å². The number of imidazole rings is 1. The summed E-state index contributed by atoms with van der Waals surface area (Å²) in [6, 6.07) is 9.22. The predicted octanol–water partition coefficient (Wildman–Crippen LogP) is 1.75. The van der Waals surface area contributed by atoms with Gasteiger partial charge in [0.15, 0.2) is 0 Å². The monoisotopic (exact) mass is 329 g/mol. The zero-order chi connectivity index (χ0) is 16.8. The normalized spacial score (nSPS) is 23.1. The first kappa shape index (κ1) is 16.5. The summed E-state index contributed by atoms with van der Waals surface area (Å²) in [6.07, 6.45) is 7.03. The molecule has 0 spiro atoms. The Kier molecular flexibility index (Phi) is 5.48. The number of para-hydroxylation sites is 1. The van der Waals surface area contributed by atoms with Gasteiger partial charge in [-0.3, -0.25) is 4.79 Å². The van der Waals surface area contributed by atoms with Crippen LogP contribution in [0.15, 0.2) is 49.1 Å². The van der Waals surface area contributed by atoms with Crippen molar-refractivity contribution in [3.05, 3.63) is 49.1 Å². The van der Waals surface area contributed by atoms with Gasteiger partial charge in [-0.05, 0) is 31.4 Å². The number of aliphatic hydroxyl groups is 1. The van der Waals surface area contributed by atoms with Crippen molar-refractivity contribution >= 4 is 5.91 Å². The zero-order valence-electron chi connectivity index (χ0n) is 13.5. The number of hydrogen-bond acceptors (Lipinski definition) is 4. The SMILES string of the molecule is O=C(CCCn1ccnc1)N[C@@H]1CC[C@@H](Oc2ccccc2)[C@@H]1O. The second-order valence-electron chi connectivity index (χ2n) is 6.12. The van der Waals surface area contributed by atoms with E-state index in [4.69, 9.17) is 4.74 Å². The molecule has 6 heteroatoms. The van der Waals surface area contributed by atoms with Gasteiger partial charge in [-0.2, -0.15) is 0 Å². The van der Waals surface area contributed by atoms with Crippen LogP contribution in [-0.4, -0.2) is 38.8 Å². The van der Waals surface area contributed by atoms with Crippen LogP contribution in [0.4, 0.5) is 0 Å². The molecule has 24 heavy (non-hydrogen) atoms. The van der Waals surface area contributed by atoms with Crippen LogP contribution in [-0.2, 0) is 11.3 Å². The molecule has 1 amide bonds. The summed E-state index contributed by atoms with van der Waals surface area (Å²) >= 11 is 0. The minimum atomic E-state index is -0.678. The summed E-state index contributed by atoms with van der Waals surface area (Å²) in [4.78, 5) is 16.0. The van der Waals surface area contributed by atoms with Crippen LogP contribution in [0, 0.1) is 0 Å². The smallest absolute Gasteiger partial charge is 0.220 e. The van der Waals surface area contributed by atoms with Crippen LogP contribution < -0.4 is 10.1 Å². The molecule has 128 valence electrons. The van der Waals surface area contributed by atoms with Crippen molar-refractivity contribution in [1.82, 2.24) is 14.9 Å². The molecule has 1 aliphatic rings. The molecule has 0 bridgehead atoms. The Morgan fingerprint density at radius 3 is 2.92 bits per heavy atom. The summed E-state index contributed by atoms with van der Waals surface area (Å²) in [5, 5.41) is 13.3. The molecular formula is C18H23N3O3. The number of aliphatic hydroxyl groups excluding tert-OH is 1. The molecule has 1 aliphatic carbocycles. The number of carbonyl (C=O) groups excluding carboxylic acids is 1. The van der Waals surface area contributed by atoms with E-state index < -0.39 is 6.10 Å². The number of nitrogens with one attached hydrogen (secondary N) is 1. The van der Waals surface area contributed by atoms with Gasteiger partial charge in [0.2, 0.25) is 5.91 Å². The first-order chi connectivity index (χ1) is 11.7. The van der Waals surface area contributed by atoms with Crippen LogP contribution in [0.25, 0.3) is 0 Å². The maximum atomic E-state index is 12.1. The van der Waals surface area contributed by atoms with Gasteiger partial charge in [0, 0.05) is 25.4 Å². The molecule has 0 unspecified atom stereocenters. The molecule has 0 saturated heterocycles. The standard InChI is InChI=1S/C18H23N3O3/c22-17(7-4-11-21-12-10-19-13-21)20-15-8-9-16(18(15)23)24-14-5-2-1-3-6-14/h1-3,5-6,10,12-13,15-16,18,23H,4,7-9,11H2,(H,20,22)/t15-,16-,18-/m1/s1. The Morgan fingerprint density at radius 1 is 1.33 bits per heavy atom. The highest BCUT2D eigenvalue weighted by atomic mass is 16.5. The maximum absolute atomic E-state index is 12.1. The first-order valence-corrected chi connectivity index (χ1v) is 8.37.